The summed E-state index contributed by atoms with van der Waals surface area (Å²) in [6.07, 6.45) is 0.163. The van der Waals surface area contributed by atoms with Crippen LogP contribution in [0.3, 0.4) is 0 Å². The molecule has 3 rings (SSSR count). The highest BCUT2D eigenvalue weighted by Crippen LogP contribution is 2.29. The number of hydrogen-bond acceptors (Lipinski definition) is 3. The molecule has 0 aliphatic heterocycles. The van der Waals surface area contributed by atoms with Gasteiger partial charge in [-0.2, -0.15) is 0 Å². The van der Waals surface area contributed by atoms with Crippen LogP contribution in [0.5, 0.6) is 11.5 Å². The zero-order chi connectivity index (χ0) is 20.6. The first-order chi connectivity index (χ1) is 14.0. The molecule has 3 aromatic carbocycles. The van der Waals surface area contributed by atoms with E-state index in [1.807, 2.05) is 68.4 Å². The van der Waals surface area contributed by atoms with E-state index < -0.39 is 0 Å². The first kappa shape index (κ1) is 20.1. The van der Waals surface area contributed by atoms with Crippen molar-refractivity contribution in [3.05, 3.63) is 89.5 Å². The van der Waals surface area contributed by atoms with Crippen LogP contribution < -0.4 is 15.4 Å². The number of anilines is 1. The number of aryl methyl sites for hydroxylation is 2. The van der Waals surface area contributed by atoms with E-state index in [1.54, 1.807) is 18.2 Å². The van der Waals surface area contributed by atoms with Gasteiger partial charge in [0.15, 0.2) is 5.75 Å². The van der Waals surface area contributed by atoms with Gasteiger partial charge in [0, 0.05) is 18.5 Å². The Balaban J connectivity index is 1.54. The number of hydrogen-bond donors (Lipinski definition) is 2. The fourth-order valence-electron chi connectivity index (χ4n) is 2.78. The molecule has 0 radical (unpaired) electrons. The summed E-state index contributed by atoms with van der Waals surface area (Å²) in [5.41, 5.74) is 3.33. The van der Waals surface area contributed by atoms with Gasteiger partial charge in [0.05, 0.1) is 5.69 Å². The third-order valence-corrected chi connectivity index (χ3v) is 4.33. The Hall–Kier alpha value is -3.60. The topological polar surface area (TPSA) is 67.4 Å². The maximum Gasteiger partial charge on any atom is 0.251 e. The van der Waals surface area contributed by atoms with Crippen molar-refractivity contribution in [3.63, 3.8) is 0 Å². The highest BCUT2D eigenvalue weighted by molar-refractivity contribution is 5.95. The van der Waals surface area contributed by atoms with Gasteiger partial charge in [-0.1, -0.05) is 47.5 Å². The van der Waals surface area contributed by atoms with E-state index >= 15 is 0 Å². The summed E-state index contributed by atoms with van der Waals surface area (Å²) >= 11 is 0. The van der Waals surface area contributed by atoms with E-state index in [-0.39, 0.29) is 24.8 Å². The van der Waals surface area contributed by atoms with Crippen LogP contribution >= 0.6 is 0 Å². The van der Waals surface area contributed by atoms with E-state index in [1.165, 1.54) is 0 Å². The molecule has 0 aliphatic carbocycles. The van der Waals surface area contributed by atoms with Crippen LogP contribution in [0.2, 0.25) is 0 Å². The average Bonchev–Trinajstić information content (AvgIpc) is 2.71. The van der Waals surface area contributed by atoms with Crippen LogP contribution in [0, 0.1) is 13.8 Å². The smallest absolute Gasteiger partial charge is 0.251 e. The lowest BCUT2D eigenvalue weighted by molar-refractivity contribution is -0.116. The largest absolute Gasteiger partial charge is 0.455 e. The van der Waals surface area contributed by atoms with Crippen molar-refractivity contribution in [3.8, 4) is 11.5 Å². The molecule has 2 amide bonds. The van der Waals surface area contributed by atoms with Crippen molar-refractivity contribution >= 4 is 17.5 Å². The normalized spacial score (nSPS) is 10.3. The Labute approximate surface area is 170 Å². The first-order valence-electron chi connectivity index (χ1n) is 9.49. The van der Waals surface area contributed by atoms with E-state index in [0.717, 1.165) is 11.1 Å². The van der Waals surface area contributed by atoms with Gasteiger partial charge in [-0.15, -0.1) is 0 Å². The lowest BCUT2D eigenvalue weighted by atomic mass is 10.1. The number of benzene rings is 3. The van der Waals surface area contributed by atoms with Gasteiger partial charge in [-0.05, 0) is 50.2 Å². The molecule has 0 atom stereocenters. The summed E-state index contributed by atoms with van der Waals surface area (Å²) in [7, 11) is 0. The van der Waals surface area contributed by atoms with Gasteiger partial charge >= 0.3 is 0 Å². The Kier molecular flexibility index (Phi) is 6.63. The molecule has 0 fully saturated rings. The number of para-hydroxylation sites is 2. The molecule has 0 saturated carbocycles. The Bertz CT molecular complexity index is 997. The minimum Gasteiger partial charge on any atom is -0.455 e. The Morgan fingerprint density at radius 1 is 0.862 bits per heavy atom. The number of ether oxygens (including phenoxy) is 1. The highest BCUT2D eigenvalue weighted by Gasteiger charge is 2.10. The van der Waals surface area contributed by atoms with Crippen LogP contribution in [-0.4, -0.2) is 18.4 Å². The summed E-state index contributed by atoms with van der Waals surface area (Å²) in [6, 6.07) is 22.3. The molecule has 0 heterocycles. The summed E-state index contributed by atoms with van der Waals surface area (Å²) in [6.45, 7) is 4.19. The predicted octanol–water partition coefficient (Wildman–Crippen LogP) is 4.85. The highest BCUT2D eigenvalue weighted by atomic mass is 16.5. The van der Waals surface area contributed by atoms with E-state index in [4.69, 9.17) is 4.74 Å². The average molecular weight is 388 g/mol. The minimum atomic E-state index is -0.200. The standard InChI is InChI=1S/C24H24N2O3/c1-17-10-12-20(13-11-17)29-22-9-4-3-8-21(22)26-23(27)14-15-25-24(28)19-7-5-6-18(2)16-19/h3-13,16H,14-15H2,1-2H3,(H,25,28)(H,26,27). The second-order valence-electron chi connectivity index (χ2n) is 6.83. The molecule has 3 aromatic rings. The number of nitrogens with one attached hydrogen (secondary N) is 2. The van der Waals surface area contributed by atoms with Crippen LogP contribution in [0.1, 0.15) is 27.9 Å². The third-order valence-electron chi connectivity index (χ3n) is 4.33. The molecule has 0 aromatic heterocycles. The van der Waals surface area contributed by atoms with Gasteiger partial charge in [-0.25, -0.2) is 0 Å². The molecule has 0 spiro atoms. The second-order valence-corrected chi connectivity index (χ2v) is 6.83. The lowest BCUT2D eigenvalue weighted by Gasteiger charge is -2.12. The SMILES string of the molecule is Cc1ccc(Oc2ccccc2NC(=O)CCNC(=O)c2cccc(C)c2)cc1. The summed E-state index contributed by atoms with van der Waals surface area (Å²) in [5, 5.41) is 5.62. The van der Waals surface area contributed by atoms with Crippen molar-refractivity contribution in [2.24, 2.45) is 0 Å². The van der Waals surface area contributed by atoms with Crippen LogP contribution in [0.4, 0.5) is 5.69 Å². The second kappa shape index (κ2) is 9.55. The summed E-state index contributed by atoms with van der Waals surface area (Å²) < 4.78 is 5.89. The molecular weight excluding hydrogens is 364 g/mol. The Morgan fingerprint density at radius 3 is 2.38 bits per heavy atom. The van der Waals surface area contributed by atoms with Crippen molar-refractivity contribution in [1.82, 2.24) is 5.32 Å². The number of rotatable bonds is 7. The van der Waals surface area contributed by atoms with Gasteiger partial charge in [0.2, 0.25) is 5.91 Å². The molecule has 0 bridgehead atoms. The van der Waals surface area contributed by atoms with E-state index in [9.17, 15) is 9.59 Å². The molecule has 5 heteroatoms. The third kappa shape index (κ3) is 5.94. The van der Waals surface area contributed by atoms with Crippen molar-refractivity contribution < 1.29 is 14.3 Å². The number of amides is 2. The van der Waals surface area contributed by atoms with Gasteiger partial charge in [0.1, 0.15) is 5.75 Å². The first-order valence-corrected chi connectivity index (χ1v) is 9.49. The van der Waals surface area contributed by atoms with Crippen molar-refractivity contribution in [2.75, 3.05) is 11.9 Å². The van der Waals surface area contributed by atoms with E-state index in [2.05, 4.69) is 10.6 Å². The maximum absolute atomic E-state index is 12.3. The molecule has 148 valence electrons. The fourth-order valence-corrected chi connectivity index (χ4v) is 2.78. The van der Waals surface area contributed by atoms with Crippen LogP contribution in [-0.2, 0) is 4.79 Å². The molecular formula is C24H24N2O3. The fraction of sp³-hybridized carbons (Fsp3) is 0.167. The molecule has 0 aliphatic rings. The quantitative estimate of drug-likeness (QED) is 0.608. The summed E-state index contributed by atoms with van der Waals surface area (Å²) in [5.74, 6) is 0.871. The van der Waals surface area contributed by atoms with Gasteiger partial charge < -0.3 is 15.4 Å². The molecule has 5 nitrogen and oxygen atoms in total. The molecule has 0 unspecified atom stereocenters. The monoisotopic (exact) mass is 388 g/mol. The Morgan fingerprint density at radius 2 is 1.62 bits per heavy atom. The zero-order valence-electron chi connectivity index (χ0n) is 16.6. The van der Waals surface area contributed by atoms with E-state index in [0.29, 0.717) is 22.7 Å². The molecule has 0 saturated heterocycles. The number of carbonyl (C=O) groups is 2. The molecule has 2 N–H and O–H groups in total. The molecule has 29 heavy (non-hydrogen) atoms. The minimum absolute atomic E-state index is 0.163. The summed E-state index contributed by atoms with van der Waals surface area (Å²) in [4.78, 5) is 24.5. The van der Waals surface area contributed by atoms with Gasteiger partial charge in [0.25, 0.3) is 5.91 Å². The lowest BCUT2D eigenvalue weighted by Crippen LogP contribution is -2.27. The van der Waals surface area contributed by atoms with Crippen LogP contribution in [0.15, 0.2) is 72.8 Å². The van der Waals surface area contributed by atoms with Crippen molar-refractivity contribution in [1.29, 1.82) is 0 Å². The van der Waals surface area contributed by atoms with Crippen molar-refractivity contribution in [2.45, 2.75) is 20.3 Å². The van der Waals surface area contributed by atoms with Gasteiger partial charge in [-0.3, -0.25) is 9.59 Å². The zero-order valence-corrected chi connectivity index (χ0v) is 16.6. The van der Waals surface area contributed by atoms with Crippen LogP contribution in [0.25, 0.3) is 0 Å². The maximum atomic E-state index is 12.3. The number of carbonyl (C=O) groups excluding carboxylic acids is 2. The predicted molar refractivity (Wildman–Crippen MR) is 114 cm³/mol.